The van der Waals surface area contributed by atoms with E-state index in [0.717, 1.165) is 24.8 Å². The van der Waals surface area contributed by atoms with Crippen LogP contribution in [-0.2, 0) is 20.4 Å². The number of aromatic nitrogens is 1. The lowest BCUT2D eigenvalue weighted by molar-refractivity contribution is -0.120. The number of ether oxygens (including phenoxy) is 1. The second-order valence-electron chi connectivity index (χ2n) is 8.22. The van der Waals surface area contributed by atoms with Crippen molar-refractivity contribution < 1.29 is 22.4 Å². The fourth-order valence-corrected chi connectivity index (χ4v) is 5.18. The predicted octanol–water partition coefficient (Wildman–Crippen LogP) is 3.51. The number of carbonyl (C=O) groups excluding carboxylic acids is 1. The van der Waals surface area contributed by atoms with Crippen LogP contribution in [-0.4, -0.2) is 38.2 Å². The van der Waals surface area contributed by atoms with Gasteiger partial charge in [-0.25, -0.2) is 13.4 Å². The van der Waals surface area contributed by atoms with E-state index in [0.29, 0.717) is 34.9 Å². The number of hydrogen-bond donors (Lipinski definition) is 1. The van der Waals surface area contributed by atoms with Gasteiger partial charge in [0.1, 0.15) is 17.3 Å². The zero-order valence-electron chi connectivity index (χ0n) is 18.0. The van der Waals surface area contributed by atoms with E-state index in [4.69, 9.17) is 9.15 Å². The van der Waals surface area contributed by atoms with Gasteiger partial charge in [0.05, 0.1) is 18.6 Å². The van der Waals surface area contributed by atoms with Crippen LogP contribution in [0.3, 0.4) is 0 Å². The first-order valence-electron chi connectivity index (χ1n) is 10.3. The van der Waals surface area contributed by atoms with Crippen molar-refractivity contribution in [2.75, 3.05) is 12.9 Å². The normalized spacial score (nSPS) is 21.9. The molecule has 3 atom stereocenters. The molecule has 0 bridgehead atoms. The van der Waals surface area contributed by atoms with Crippen LogP contribution in [0.2, 0.25) is 0 Å². The molecular formula is C22H30N2O5S. The van der Waals surface area contributed by atoms with E-state index in [1.807, 2.05) is 0 Å². The average molecular weight is 435 g/mol. The molecule has 1 amide bonds. The largest absolute Gasteiger partial charge is 0.497 e. The van der Waals surface area contributed by atoms with E-state index in [9.17, 15) is 13.2 Å². The second kappa shape index (κ2) is 9.20. The van der Waals surface area contributed by atoms with Crippen molar-refractivity contribution in [3.05, 3.63) is 35.7 Å². The lowest BCUT2D eigenvalue weighted by atomic mass is 9.78. The summed E-state index contributed by atoms with van der Waals surface area (Å²) in [5.74, 6) is 1.02. The Labute approximate surface area is 178 Å². The Kier molecular flexibility index (Phi) is 6.85. The summed E-state index contributed by atoms with van der Waals surface area (Å²) in [7, 11) is -2.09. The molecule has 1 N–H and O–H groups in total. The predicted molar refractivity (Wildman–Crippen MR) is 115 cm³/mol. The number of aryl methyl sites for hydroxylation is 1. The van der Waals surface area contributed by atoms with Gasteiger partial charge >= 0.3 is 0 Å². The Hall–Kier alpha value is -2.35. The summed E-state index contributed by atoms with van der Waals surface area (Å²) in [6.45, 7) is 5.96. The molecule has 164 valence electrons. The lowest BCUT2D eigenvalue weighted by Gasteiger charge is -2.34. The zero-order valence-corrected chi connectivity index (χ0v) is 18.8. The van der Waals surface area contributed by atoms with Gasteiger partial charge in [0.25, 0.3) is 0 Å². The number of nitrogens with one attached hydrogen (secondary N) is 1. The Morgan fingerprint density at radius 2 is 1.93 bits per heavy atom. The summed E-state index contributed by atoms with van der Waals surface area (Å²) >= 11 is 0. The molecule has 0 spiro atoms. The maximum absolute atomic E-state index is 12.6. The highest BCUT2D eigenvalue weighted by Crippen LogP contribution is 2.29. The van der Waals surface area contributed by atoms with Gasteiger partial charge in [0.2, 0.25) is 11.8 Å². The molecule has 0 aliphatic heterocycles. The number of rotatable bonds is 7. The van der Waals surface area contributed by atoms with Gasteiger partial charge in [-0.15, -0.1) is 0 Å². The van der Waals surface area contributed by atoms with E-state index in [1.165, 1.54) is 0 Å². The third kappa shape index (κ3) is 5.41. The van der Waals surface area contributed by atoms with E-state index in [1.54, 1.807) is 38.3 Å². The minimum atomic E-state index is -3.67. The number of amides is 1. The first-order chi connectivity index (χ1) is 14.2. The van der Waals surface area contributed by atoms with Crippen LogP contribution in [0.25, 0.3) is 11.5 Å². The van der Waals surface area contributed by atoms with Crippen LogP contribution in [0.5, 0.6) is 5.75 Å². The molecule has 7 nitrogen and oxygen atoms in total. The third-order valence-electron chi connectivity index (χ3n) is 5.99. The molecule has 1 aromatic carbocycles. The minimum Gasteiger partial charge on any atom is -0.497 e. The van der Waals surface area contributed by atoms with Gasteiger partial charge in [-0.2, -0.15) is 0 Å². The van der Waals surface area contributed by atoms with Crippen molar-refractivity contribution in [1.29, 1.82) is 0 Å². The SMILES string of the molecule is COc1ccc(-c2nc(CS(=O)(=O)CC(=O)N[C@@H]3CCC[C@@H](C)[C@H]3C)c(C)o2)cc1. The van der Waals surface area contributed by atoms with Crippen LogP contribution in [0, 0.1) is 18.8 Å². The zero-order chi connectivity index (χ0) is 21.9. The Balaban J connectivity index is 1.64. The van der Waals surface area contributed by atoms with Crippen LogP contribution < -0.4 is 10.1 Å². The highest BCUT2D eigenvalue weighted by Gasteiger charge is 2.30. The molecule has 1 fully saturated rings. The van der Waals surface area contributed by atoms with Crippen molar-refractivity contribution in [3.8, 4) is 17.2 Å². The molecule has 0 saturated heterocycles. The quantitative estimate of drug-likeness (QED) is 0.716. The Morgan fingerprint density at radius 1 is 1.23 bits per heavy atom. The number of carbonyl (C=O) groups is 1. The second-order valence-corrected chi connectivity index (χ2v) is 10.3. The molecule has 30 heavy (non-hydrogen) atoms. The van der Waals surface area contributed by atoms with E-state index < -0.39 is 21.5 Å². The van der Waals surface area contributed by atoms with Crippen molar-refractivity contribution in [1.82, 2.24) is 10.3 Å². The molecule has 8 heteroatoms. The van der Waals surface area contributed by atoms with Crippen molar-refractivity contribution >= 4 is 15.7 Å². The number of hydrogen-bond acceptors (Lipinski definition) is 6. The van der Waals surface area contributed by atoms with Gasteiger partial charge in [-0.3, -0.25) is 4.79 Å². The Morgan fingerprint density at radius 3 is 2.60 bits per heavy atom. The topological polar surface area (TPSA) is 98.5 Å². The smallest absolute Gasteiger partial charge is 0.235 e. The highest BCUT2D eigenvalue weighted by atomic mass is 32.2. The molecular weight excluding hydrogens is 404 g/mol. The van der Waals surface area contributed by atoms with Crippen LogP contribution in [0.15, 0.2) is 28.7 Å². The molecule has 1 aliphatic carbocycles. The average Bonchev–Trinajstić information content (AvgIpc) is 3.04. The molecule has 1 aromatic heterocycles. The number of methoxy groups -OCH3 is 1. The summed E-state index contributed by atoms with van der Waals surface area (Å²) in [5.41, 5.74) is 1.05. The van der Waals surface area contributed by atoms with Crippen molar-refractivity contribution in [2.45, 2.75) is 51.8 Å². The molecule has 1 heterocycles. The van der Waals surface area contributed by atoms with Crippen LogP contribution in [0.4, 0.5) is 0 Å². The number of nitrogens with zero attached hydrogens (tertiary/aromatic N) is 1. The Bertz CT molecular complexity index is 981. The van der Waals surface area contributed by atoms with Crippen molar-refractivity contribution in [2.24, 2.45) is 11.8 Å². The fourth-order valence-electron chi connectivity index (χ4n) is 3.91. The van der Waals surface area contributed by atoms with Crippen LogP contribution >= 0.6 is 0 Å². The fraction of sp³-hybridized carbons (Fsp3) is 0.545. The third-order valence-corrected chi connectivity index (χ3v) is 7.41. The van der Waals surface area contributed by atoms with Crippen LogP contribution in [0.1, 0.15) is 44.6 Å². The minimum absolute atomic E-state index is 0.0342. The summed E-state index contributed by atoms with van der Waals surface area (Å²) in [6, 6.07) is 7.18. The molecule has 1 aliphatic rings. The molecule has 2 aromatic rings. The van der Waals surface area contributed by atoms with Gasteiger partial charge < -0.3 is 14.5 Å². The highest BCUT2D eigenvalue weighted by molar-refractivity contribution is 7.91. The van der Waals surface area contributed by atoms with E-state index in [-0.39, 0.29) is 11.8 Å². The first-order valence-corrected chi connectivity index (χ1v) is 12.1. The van der Waals surface area contributed by atoms with Gasteiger partial charge in [0, 0.05) is 11.6 Å². The first kappa shape index (κ1) is 22.3. The summed E-state index contributed by atoms with van der Waals surface area (Å²) in [4.78, 5) is 16.7. The summed E-state index contributed by atoms with van der Waals surface area (Å²) in [6.07, 6.45) is 3.09. The summed E-state index contributed by atoms with van der Waals surface area (Å²) < 4.78 is 36.0. The van der Waals surface area contributed by atoms with Gasteiger partial charge in [-0.1, -0.05) is 26.7 Å². The van der Waals surface area contributed by atoms with E-state index >= 15 is 0 Å². The molecule has 0 unspecified atom stereocenters. The number of benzene rings is 1. The lowest BCUT2D eigenvalue weighted by Crippen LogP contribution is -2.45. The van der Waals surface area contributed by atoms with Gasteiger partial charge in [-0.05, 0) is 49.4 Å². The van der Waals surface area contributed by atoms with Gasteiger partial charge in [0.15, 0.2) is 9.84 Å². The monoisotopic (exact) mass is 434 g/mol. The maximum Gasteiger partial charge on any atom is 0.235 e. The standard InChI is InChI=1S/C22H30N2O5S/c1-14-6-5-7-19(15(14)2)23-21(25)13-30(26,27)12-20-16(3)29-22(24-20)17-8-10-18(28-4)11-9-17/h8-11,14-15,19H,5-7,12-13H2,1-4H3,(H,23,25)/t14-,15-,19-/m1/s1. The number of oxazole rings is 1. The molecule has 0 radical (unpaired) electrons. The molecule has 3 rings (SSSR count). The molecule has 1 saturated carbocycles. The maximum atomic E-state index is 12.6. The number of sulfone groups is 1. The van der Waals surface area contributed by atoms with E-state index in [2.05, 4.69) is 24.1 Å². The van der Waals surface area contributed by atoms with Crippen molar-refractivity contribution in [3.63, 3.8) is 0 Å². The summed E-state index contributed by atoms with van der Waals surface area (Å²) in [5, 5.41) is 2.92.